The average molecular weight is 284 g/mol. The Morgan fingerprint density at radius 2 is 1.63 bits per heavy atom. The molecule has 3 nitrogen and oxygen atoms in total. The van der Waals surface area contributed by atoms with Crippen LogP contribution >= 0.6 is 11.6 Å². The van der Waals surface area contributed by atoms with E-state index in [0.29, 0.717) is 11.2 Å². The third-order valence-electron chi connectivity index (χ3n) is 3.76. The molecule has 1 rings (SSSR count). The van der Waals surface area contributed by atoms with Gasteiger partial charge in [-0.1, -0.05) is 46.2 Å². The fourth-order valence-electron chi connectivity index (χ4n) is 1.86. The highest BCUT2D eigenvalue weighted by molar-refractivity contribution is 6.30. The van der Waals surface area contributed by atoms with E-state index >= 15 is 0 Å². The van der Waals surface area contributed by atoms with Gasteiger partial charge >= 0.3 is 0 Å². The van der Waals surface area contributed by atoms with E-state index in [1.807, 2.05) is 6.92 Å². The number of hydrogen-bond acceptors (Lipinski definition) is 3. The summed E-state index contributed by atoms with van der Waals surface area (Å²) in [6.45, 7) is 15.1. The molecule has 1 atom stereocenters. The summed E-state index contributed by atoms with van der Waals surface area (Å²) in [4.78, 5) is 11.3. The fraction of sp³-hybridized carbons (Fsp3) is 0.733. The zero-order chi connectivity index (χ0) is 15.0. The molecule has 19 heavy (non-hydrogen) atoms. The van der Waals surface area contributed by atoms with Crippen molar-refractivity contribution in [3.05, 3.63) is 16.5 Å². The Hall–Kier alpha value is -0.830. The zero-order valence-corrected chi connectivity index (χ0v) is 14.1. The molecule has 108 valence electrons. The molecule has 0 radical (unpaired) electrons. The van der Waals surface area contributed by atoms with Crippen LogP contribution in [0.4, 0.5) is 5.82 Å². The smallest absolute Gasteiger partial charge is 0.137 e. The number of aromatic nitrogens is 2. The van der Waals surface area contributed by atoms with Gasteiger partial charge in [-0.2, -0.15) is 0 Å². The molecule has 4 heteroatoms. The van der Waals surface area contributed by atoms with Crippen LogP contribution in [0.2, 0.25) is 5.15 Å². The first-order chi connectivity index (χ1) is 8.55. The lowest BCUT2D eigenvalue weighted by atomic mass is 9.87. The molecular formula is C15H26ClN3. The third kappa shape index (κ3) is 3.59. The highest BCUT2D eigenvalue weighted by Gasteiger charge is 2.26. The summed E-state index contributed by atoms with van der Waals surface area (Å²) in [5.41, 5.74) is 1.13. The summed E-state index contributed by atoms with van der Waals surface area (Å²) < 4.78 is 0. The molecule has 1 aromatic heterocycles. The first-order valence-corrected chi connectivity index (χ1v) is 7.20. The monoisotopic (exact) mass is 283 g/mol. The van der Waals surface area contributed by atoms with Gasteiger partial charge in [-0.15, -0.1) is 0 Å². The van der Waals surface area contributed by atoms with E-state index in [0.717, 1.165) is 17.2 Å². The number of halogens is 1. The Morgan fingerprint density at radius 3 is 2.05 bits per heavy atom. The summed E-state index contributed by atoms with van der Waals surface area (Å²) in [5.74, 6) is 2.01. The summed E-state index contributed by atoms with van der Waals surface area (Å²) in [6, 6.07) is 0.358. The third-order valence-corrected chi connectivity index (χ3v) is 4.13. The molecule has 0 saturated carbocycles. The SMILES string of the molecule is Cc1c(Cl)nc(C(C)C)nc1N(C)C(C)C(C)(C)C. The second-order valence-electron chi connectivity index (χ2n) is 6.63. The zero-order valence-electron chi connectivity index (χ0n) is 13.4. The van der Waals surface area contributed by atoms with Crippen LogP contribution < -0.4 is 4.90 Å². The van der Waals surface area contributed by atoms with Crippen molar-refractivity contribution < 1.29 is 0 Å². The second-order valence-corrected chi connectivity index (χ2v) is 6.99. The molecule has 1 unspecified atom stereocenters. The lowest BCUT2D eigenvalue weighted by molar-refractivity contribution is 0.328. The number of rotatable bonds is 3. The molecule has 0 aromatic carbocycles. The topological polar surface area (TPSA) is 29.0 Å². The molecule has 0 amide bonds. The van der Waals surface area contributed by atoms with Crippen molar-refractivity contribution in [3.8, 4) is 0 Å². The first-order valence-electron chi connectivity index (χ1n) is 6.82. The number of nitrogens with zero attached hydrogens (tertiary/aromatic N) is 3. The van der Waals surface area contributed by atoms with Crippen LogP contribution in [-0.4, -0.2) is 23.1 Å². The maximum atomic E-state index is 6.25. The van der Waals surface area contributed by atoms with E-state index in [2.05, 4.69) is 58.5 Å². The van der Waals surface area contributed by atoms with Crippen LogP contribution in [0.3, 0.4) is 0 Å². The van der Waals surface area contributed by atoms with Crippen molar-refractivity contribution in [1.82, 2.24) is 9.97 Å². The van der Waals surface area contributed by atoms with E-state index in [4.69, 9.17) is 16.6 Å². The Kier molecular flexibility index (Phi) is 4.83. The Labute approximate surface area is 122 Å². The maximum absolute atomic E-state index is 6.25. The Morgan fingerprint density at radius 1 is 1.11 bits per heavy atom. The van der Waals surface area contributed by atoms with Crippen molar-refractivity contribution in [2.24, 2.45) is 5.41 Å². The lowest BCUT2D eigenvalue weighted by Crippen LogP contribution is -2.40. The fourth-order valence-corrected chi connectivity index (χ4v) is 2.03. The molecule has 0 saturated heterocycles. The molecule has 0 N–H and O–H groups in total. The predicted molar refractivity (Wildman–Crippen MR) is 83.2 cm³/mol. The Balaban J connectivity index is 3.26. The van der Waals surface area contributed by atoms with E-state index in [-0.39, 0.29) is 11.3 Å². The van der Waals surface area contributed by atoms with Crippen molar-refractivity contribution in [2.75, 3.05) is 11.9 Å². The molecule has 0 spiro atoms. The standard InChI is InChI=1S/C15H26ClN3/c1-9(2)13-17-12(16)10(3)14(18-13)19(8)11(4)15(5,6)7/h9,11H,1-8H3. The number of hydrogen-bond donors (Lipinski definition) is 0. The van der Waals surface area contributed by atoms with Gasteiger partial charge in [-0.05, 0) is 19.3 Å². The molecular weight excluding hydrogens is 258 g/mol. The van der Waals surface area contributed by atoms with Gasteiger partial charge in [0.05, 0.1) is 0 Å². The van der Waals surface area contributed by atoms with Gasteiger partial charge in [0.1, 0.15) is 16.8 Å². The number of anilines is 1. The summed E-state index contributed by atoms with van der Waals surface area (Å²) >= 11 is 6.25. The van der Waals surface area contributed by atoms with Crippen molar-refractivity contribution >= 4 is 17.4 Å². The molecule has 1 aromatic rings. The van der Waals surface area contributed by atoms with Crippen molar-refractivity contribution in [3.63, 3.8) is 0 Å². The maximum Gasteiger partial charge on any atom is 0.137 e. The van der Waals surface area contributed by atoms with Crippen LogP contribution in [0.1, 0.15) is 58.8 Å². The molecule has 0 aliphatic heterocycles. The quantitative estimate of drug-likeness (QED) is 0.768. The molecule has 0 fully saturated rings. The predicted octanol–water partition coefficient (Wildman–Crippen LogP) is 4.43. The van der Waals surface area contributed by atoms with Gasteiger partial charge < -0.3 is 4.90 Å². The average Bonchev–Trinajstić information content (AvgIpc) is 2.29. The van der Waals surface area contributed by atoms with E-state index in [1.165, 1.54) is 0 Å². The second kappa shape index (κ2) is 5.66. The highest BCUT2D eigenvalue weighted by Crippen LogP contribution is 2.31. The van der Waals surface area contributed by atoms with E-state index < -0.39 is 0 Å². The molecule has 0 aliphatic carbocycles. The highest BCUT2D eigenvalue weighted by atomic mass is 35.5. The minimum atomic E-state index is 0.177. The summed E-state index contributed by atoms with van der Waals surface area (Å²) in [5, 5.41) is 0.557. The molecule has 0 bridgehead atoms. The summed E-state index contributed by atoms with van der Waals surface area (Å²) in [6.07, 6.45) is 0. The first kappa shape index (κ1) is 16.2. The van der Waals surface area contributed by atoms with Gasteiger partial charge in [-0.25, -0.2) is 9.97 Å². The molecule has 0 aliphatic rings. The minimum absolute atomic E-state index is 0.177. The lowest BCUT2D eigenvalue weighted by Gasteiger charge is -2.37. The van der Waals surface area contributed by atoms with Gasteiger partial charge in [0.15, 0.2) is 0 Å². The largest absolute Gasteiger partial charge is 0.356 e. The van der Waals surface area contributed by atoms with Crippen molar-refractivity contribution in [2.45, 2.75) is 60.4 Å². The van der Waals surface area contributed by atoms with Crippen LogP contribution in [0.15, 0.2) is 0 Å². The van der Waals surface area contributed by atoms with Crippen LogP contribution in [0.5, 0.6) is 0 Å². The Bertz CT molecular complexity index is 449. The van der Waals surface area contributed by atoms with Crippen LogP contribution in [-0.2, 0) is 0 Å². The normalized spacial score (nSPS) is 13.8. The molecule has 1 heterocycles. The van der Waals surface area contributed by atoms with Crippen molar-refractivity contribution in [1.29, 1.82) is 0 Å². The summed E-state index contributed by atoms with van der Waals surface area (Å²) in [7, 11) is 2.08. The van der Waals surface area contributed by atoms with Gasteiger partial charge in [0, 0.05) is 24.6 Å². The minimum Gasteiger partial charge on any atom is -0.356 e. The van der Waals surface area contributed by atoms with Crippen LogP contribution in [0.25, 0.3) is 0 Å². The van der Waals surface area contributed by atoms with Crippen LogP contribution in [0, 0.1) is 12.3 Å². The van der Waals surface area contributed by atoms with Gasteiger partial charge in [-0.3, -0.25) is 0 Å². The van der Waals surface area contributed by atoms with Gasteiger partial charge in [0.25, 0.3) is 0 Å². The van der Waals surface area contributed by atoms with E-state index in [9.17, 15) is 0 Å². The van der Waals surface area contributed by atoms with E-state index in [1.54, 1.807) is 0 Å². The van der Waals surface area contributed by atoms with Gasteiger partial charge in [0.2, 0.25) is 0 Å².